The van der Waals surface area contributed by atoms with Gasteiger partial charge in [0.05, 0.1) is 6.04 Å². The lowest BCUT2D eigenvalue weighted by Gasteiger charge is -2.37. The van der Waals surface area contributed by atoms with Gasteiger partial charge in [0.15, 0.2) is 0 Å². The van der Waals surface area contributed by atoms with E-state index in [0.717, 1.165) is 19.5 Å². The number of ether oxygens (including phenoxy) is 1. The molecule has 4 nitrogen and oxygen atoms in total. The van der Waals surface area contributed by atoms with E-state index < -0.39 is 0 Å². The molecule has 2 rings (SSSR count). The summed E-state index contributed by atoms with van der Waals surface area (Å²) in [5, 5.41) is 3.31. The number of amides is 1. The van der Waals surface area contributed by atoms with E-state index in [4.69, 9.17) is 4.74 Å². The van der Waals surface area contributed by atoms with Crippen LogP contribution in [0.5, 0.6) is 0 Å². The van der Waals surface area contributed by atoms with E-state index in [1.165, 1.54) is 0 Å². The predicted molar refractivity (Wildman–Crippen MR) is 53.1 cm³/mol. The van der Waals surface area contributed by atoms with Crippen molar-refractivity contribution in [3.63, 3.8) is 0 Å². The lowest BCUT2D eigenvalue weighted by Crippen LogP contribution is -2.60. The molecular formula is C10H18N2O2. The third kappa shape index (κ3) is 1.71. The van der Waals surface area contributed by atoms with Crippen LogP contribution in [0.2, 0.25) is 0 Å². The Morgan fingerprint density at radius 2 is 2.21 bits per heavy atom. The second-order valence-electron chi connectivity index (χ2n) is 5.04. The molecule has 1 N–H and O–H groups in total. The third-order valence-electron chi connectivity index (χ3n) is 2.76. The fourth-order valence-electron chi connectivity index (χ4n) is 2.00. The number of carbonyl (C=O) groups excluding carboxylic acids is 1. The monoisotopic (exact) mass is 198 g/mol. The van der Waals surface area contributed by atoms with E-state index in [2.05, 4.69) is 5.32 Å². The molecule has 0 aliphatic carbocycles. The van der Waals surface area contributed by atoms with Gasteiger partial charge in [-0.3, -0.25) is 0 Å². The van der Waals surface area contributed by atoms with Crippen molar-refractivity contribution < 1.29 is 9.53 Å². The van der Waals surface area contributed by atoms with Crippen LogP contribution in [0.4, 0.5) is 4.79 Å². The van der Waals surface area contributed by atoms with Gasteiger partial charge >= 0.3 is 6.09 Å². The average Bonchev–Trinajstić information content (AvgIpc) is 2.22. The zero-order valence-corrected chi connectivity index (χ0v) is 9.04. The van der Waals surface area contributed by atoms with Crippen LogP contribution in [-0.4, -0.2) is 41.8 Å². The van der Waals surface area contributed by atoms with Crippen LogP contribution in [-0.2, 0) is 4.74 Å². The van der Waals surface area contributed by atoms with Crippen LogP contribution in [0, 0.1) is 0 Å². The Morgan fingerprint density at radius 3 is 2.64 bits per heavy atom. The van der Waals surface area contributed by atoms with Crippen LogP contribution in [0.1, 0.15) is 27.2 Å². The SMILES string of the molecule is CC(C)(C)OC(=O)N1CCC2NCC21. The number of hydrogen-bond acceptors (Lipinski definition) is 3. The Kier molecular flexibility index (Phi) is 2.18. The molecular weight excluding hydrogens is 180 g/mol. The number of likely N-dealkylation sites (tertiary alicyclic amines) is 1. The zero-order valence-electron chi connectivity index (χ0n) is 9.04. The van der Waals surface area contributed by atoms with Gasteiger partial charge in [-0.1, -0.05) is 0 Å². The minimum absolute atomic E-state index is 0.161. The smallest absolute Gasteiger partial charge is 0.410 e. The van der Waals surface area contributed by atoms with Crippen molar-refractivity contribution in [2.45, 2.75) is 44.9 Å². The van der Waals surface area contributed by atoms with Crippen molar-refractivity contribution in [2.24, 2.45) is 0 Å². The molecule has 0 saturated carbocycles. The molecule has 2 saturated heterocycles. The van der Waals surface area contributed by atoms with Crippen LogP contribution in [0.15, 0.2) is 0 Å². The Labute approximate surface area is 84.6 Å². The lowest BCUT2D eigenvalue weighted by molar-refractivity contribution is 0.0171. The third-order valence-corrected chi connectivity index (χ3v) is 2.76. The summed E-state index contributed by atoms with van der Waals surface area (Å²) in [6.45, 7) is 7.45. The minimum Gasteiger partial charge on any atom is -0.444 e. The summed E-state index contributed by atoms with van der Waals surface area (Å²) in [6, 6.07) is 0.896. The summed E-state index contributed by atoms with van der Waals surface area (Å²) >= 11 is 0. The number of hydrogen-bond donors (Lipinski definition) is 1. The van der Waals surface area contributed by atoms with Crippen molar-refractivity contribution in [2.75, 3.05) is 13.1 Å². The molecule has 0 bridgehead atoms. The van der Waals surface area contributed by atoms with Crippen molar-refractivity contribution in [1.82, 2.24) is 10.2 Å². The highest BCUT2D eigenvalue weighted by Crippen LogP contribution is 2.25. The van der Waals surface area contributed by atoms with E-state index in [-0.39, 0.29) is 11.7 Å². The Hall–Kier alpha value is -0.770. The van der Waals surface area contributed by atoms with E-state index in [1.807, 2.05) is 25.7 Å². The normalized spacial score (nSPS) is 30.9. The number of carbonyl (C=O) groups is 1. The molecule has 2 fully saturated rings. The van der Waals surface area contributed by atoms with E-state index in [0.29, 0.717) is 12.1 Å². The van der Waals surface area contributed by atoms with Crippen molar-refractivity contribution in [3.8, 4) is 0 Å². The maximum atomic E-state index is 11.7. The fourth-order valence-corrected chi connectivity index (χ4v) is 2.00. The number of fused-ring (bicyclic) bond motifs is 1. The number of nitrogens with zero attached hydrogens (tertiary/aromatic N) is 1. The van der Waals surface area contributed by atoms with Gasteiger partial charge in [-0.2, -0.15) is 0 Å². The van der Waals surface area contributed by atoms with Gasteiger partial charge in [-0.25, -0.2) is 4.79 Å². The van der Waals surface area contributed by atoms with E-state index in [1.54, 1.807) is 0 Å². The Morgan fingerprint density at radius 1 is 1.50 bits per heavy atom. The summed E-state index contributed by atoms with van der Waals surface area (Å²) < 4.78 is 5.33. The molecule has 1 amide bonds. The lowest BCUT2D eigenvalue weighted by atomic mass is 10.0. The maximum absolute atomic E-state index is 11.7. The van der Waals surface area contributed by atoms with Gasteiger partial charge < -0.3 is 15.0 Å². The molecule has 2 aliphatic heterocycles. The standard InChI is InChI=1S/C10H18N2O2/c1-10(2,3)14-9(13)12-5-4-7-8(12)6-11-7/h7-8,11H,4-6H2,1-3H3. The first-order valence-electron chi connectivity index (χ1n) is 5.20. The first kappa shape index (κ1) is 9.77. The Bertz CT molecular complexity index is 247. The van der Waals surface area contributed by atoms with Crippen LogP contribution >= 0.6 is 0 Å². The first-order valence-corrected chi connectivity index (χ1v) is 5.20. The van der Waals surface area contributed by atoms with Gasteiger partial charge in [-0.15, -0.1) is 0 Å². The topological polar surface area (TPSA) is 41.6 Å². The highest BCUT2D eigenvalue weighted by molar-refractivity contribution is 5.69. The van der Waals surface area contributed by atoms with Gasteiger partial charge in [0.2, 0.25) is 0 Å². The highest BCUT2D eigenvalue weighted by atomic mass is 16.6. The molecule has 2 heterocycles. The molecule has 0 aromatic heterocycles. The second kappa shape index (κ2) is 3.12. The average molecular weight is 198 g/mol. The molecule has 0 spiro atoms. The van der Waals surface area contributed by atoms with Crippen molar-refractivity contribution >= 4 is 6.09 Å². The van der Waals surface area contributed by atoms with Gasteiger partial charge in [-0.05, 0) is 27.2 Å². The number of nitrogens with one attached hydrogen (secondary N) is 1. The summed E-state index contributed by atoms with van der Waals surface area (Å²) in [7, 11) is 0. The molecule has 0 aromatic carbocycles. The molecule has 2 atom stereocenters. The van der Waals surface area contributed by atoms with Crippen molar-refractivity contribution in [3.05, 3.63) is 0 Å². The molecule has 0 aromatic rings. The summed E-state index contributed by atoms with van der Waals surface area (Å²) in [5.74, 6) is 0. The second-order valence-corrected chi connectivity index (χ2v) is 5.04. The molecule has 2 unspecified atom stereocenters. The predicted octanol–water partition coefficient (Wildman–Crippen LogP) is 0.968. The molecule has 4 heteroatoms. The Balaban J connectivity index is 1.92. The summed E-state index contributed by atoms with van der Waals surface area (Å²) in [4.78, 5) is 13.6. The minimum atomic E-state index is -0.383. The van der Waals surface area contributed by atoms with Gasteiger partial charge in [0, 0.05) is 19.1 Å². The molecule has 0 radical (unpaired) electrons. The summed E-state index contributed by atoms with van der Waals surface area (Å²) in [6.07, 6.45) is 0.899. The van der Waals surface area contributed by atoms with E-state index >= 15 is 0 Å². The summed E-state index contributed by atoms with van der Waals surface area (Å²) in [5.41, 5.74) is -0.383. The van der Waals surface area contributed by atoms with Gasteiger partial charge in [0.25, 0.3) is 0 Å². The zero-order chi connectivity index (χ0) is 10.3. The quantitative estimate of drug-likeness (QED) is 0.630. The first-order chi connectivity index (χ1) is 6.47. The van der Waals surface area contributed by atoms with Crippen LogP contribution in [0.3, 0.4) is 0 Å². The molecule has 80 valence electrons. The van der Waals surface area contributed by atoms with Crippen molar-refractivity contribution in [1.29, 1.82) is 0 Å². The number of rotatable bonds is 0. The maximum Gasteiger partial charge on any atom is 0.410 e. The largest absolute Gasteiger partial charge is 0.444 e. The highest BCUT2D eigenvalue weighted by Gasteiger charge is 2.44. The van der Waals surface area contributed by atoms with Crippen LogP contribution < -0.4 is 5.32 Å². The van der Waals surface area contributed by atoms with Crippen LogP contribution in [0.25, 0.3) is 0 Å². The van der Waals surface area contributed by atoms with Gasteiger partial charge in [0.1, 0.15) is 5.60 Å². The molecule has 2 aliphatic rings. The fraction of sp³-hybridized carbons (Fsp3) is 0.900. The molecule has 14 heavy (non-hydrogen) atoms. The van der Waals surface area contributed by atoms with E-state index in [9.17, 15) is 4.79 Å².